The van der Waals surface area contributed by atoms with Crippen molar-refractivity contribution < 1.29 is 44.3 Å². The van der Waals surface area contributed by atoms with E-state index in [0.717, 1.165) is 13.1 Å². The molecule has 2 aliphatic heterocycles. The highest BCUT2D eigenvalue weighted by atomic mass is 16.7. The number of ether oxygens (including phenoxy) is 2. The number of rotatable bonds is 11. The number of nitrogens with two attached hydrogens (primary N) is 1. The number of likely N-dealkylation sites (N-methyl/N-ethyl adjacent to an activating group) is 1. The Morgan fingerprint density at radius 3 is 2.49 bits per heavy atom. The largest absolute Gasteiger partial charge is 0.462 e. The Hall–Kier alpha value is -3.83. The maximum absolute atomic E-state index is 13.5. The van der Waals surface area contributed by atoms with Gasteiger partial charge in [0.05, 0.1) is 6.61 Å². The Kier molecular flexibility index (Phi) is 10.9. The maximum atomic E-state index is 13.5. The number of nitrogens with one attached hydrogen (secondary N) is 3. The summed E-state index contributed by atoms with van der Waals surface area (Å²) in [6.45, 7) is 1.53. The third-order valence-electron chi connectivity index (χ3n) is 7.29. The van der Waals surface area contributed by atoms with Gasteiger partial charge in [0.1, 0.15) is 42.0 Å². The summed E-state index contributed by atoms with van der Waals surface area (Å²) in [5, 5.41) is 51.2. The molecule has 9 N–H and O–H groups in total. The number of anilines is 1. The molecule has 2 fully saturated rings. The molecule has 2 aromatic carbocycles. The SMILES string of the molecule is CN1CCN(C(=O)CONC(=O)C(Nc2cccc(C(=N)N)c2)c2ccccc2OC2OC(CO)C(O)C(O)C2O)CC1. The molecule has 0 bridgehead atoms. The molecular formula is C28H38N6O9. The molecule has 6 atom stereocenters. The topological polar surface area (TPSA) is 223 Å². The van der Waals surface area contributed by atoms with Gasteiger partial charge in [-0.15, -0.1) is 0 Å². The standard InChI is InChI=1S/C28H38N6O9/c1-33-9-11-34(12-10-33)21(36)15-41-32-27(40)22(31-17-6-4-5-16(13-17)26(29)30)18-7-2-3-8-19(18)42-28-25(39)24(38)23(37)20(14-35)43-28/h2-8,13,20,22-25,28,31,35,37-39H,9-12,14-15H2,1H3,(H3,29,30)(H,32,40). The summed E-state index contributed by atoms with van der Waals surface area (Å²) >= 11 is 0. The van der Waals surface area contributed by atoms with Crippen LogP contribution in [0.15, 0.2) is 48.5 Å². The molecule has 0 saturated carbocycles. The number of hydrogen-bond donors (Lipinski definition) is 8. The number of nitrogen functional groups attached to an aromatic ring is 1. The van der Waals surface area contributed by atoms with Crippen molar-refractivity contribution in [2.24, 2.45) is 5.73 Å². The molecule has 0 radical (unpaired) electrons. The van der Waals surface area contributed by atoms with Gasteiger partial charge in [-0.3, -0.25) is 19.8 Å². The van der Waals surface area contributed by atoms with Gasteiger partial charge in [-0.25, -0.2) is 5.48 Å². The van der Waals surface area contributed by atoms with E-state index in [1.54, 1.807) is 47.4 Å². The molecule has 2 heterocycles. The molecular weight excluding hydrogens is 564 g/mol. The van der Waals surface area contributed by atoms with Gasteiger partial charge in [0.2, 0.25) is 6.29 Å². The van der Waals surface area contributed by atoms with Crippen LogP contribution in [-0.4, -0.2) is 125 Å². The Labute approximate surface area is 248 Å². The van der Waals surface area contributed by atoms with Gasteiger partial charge in [0, 0.05) is 43.0 Å². The third kappa shape index (κ3) is 7.97. The zero-order valence-electron chi connectivity index (χ0n) is 23.6. The number of para-hydroxylation sites is 1. The van der Waals surface area contributed by atoms with E-state index in [1.807, 2.05) is 7.05 Å². The number of benzene rings is 2. The fourth-order valence-electron chi connectivity index (χ4n) is 4.72. The van der Waals surface area contributed by atoms with Gasteiger partial charge in [-0.2, -0.15) is 0 Å². The fourth-order valence-corrected chi connectivity index (χ4v) is 4.72. The van der Waals surface area contributed by atoms with Crippen molar-refractivity contribution >= 4 is 23.3 Å². The first-order valence-corrected chi connectivity index (χ1v) is 13.7. The van der Waals surface area contributed by atoms with Crippen molar-refractivity contribution in [1.29, 1.82) is 5.41 Å². The maximum Gasteiger partial charge on any atom is 0.270 e. The lowest BCUT2D eigenvalue weighted by Gasteiger charge is -2.39. The smallest absolute Gasteiger partial charge is 0.270 e. The predicted octanol–water partition coefficient (Wildman–Crippen LogP) is -1.88. The summed E-state index contributed by atoms with van der Waals surface area (Å²) < 4.78 is 11.4. The number of amides is 2. The number of hydroxylamine groups is 1. The lowest BCUT2D eigenvalue weighted by Crippen LogP contribution is -2.60. The zero-order valence-corrected chi connectivity index (χ0v) is 23.6. The number of amidine groups is 1. The van der Waals surface area contributed by atoms with Crippen LogP contribution in [-0.2, 0) is 19.2 Å². The first-order chi connectivity index (χ1) is 20.6. The Morgan fingerprint density at radius 2 is 1.79 bits per heavy atom. The minimum atomic E-state index is -1.68. The molecule has 234 valence electrons. The first kappa shape index (κ1) is 32.1. The second-order valence-corrected chi connectivity index (χ2v) is 10.4. The van der Waals surface area contributed by atoms with Crippen LogP contribution in [0.2, 0.25) is 0 Å². The summed E-state index contributed by atoms with van der Waals surface area (Å²) in [4.78, 5) is 35.2. The number of piperazine rings is 1. The molecule has 4 rings (SSSR count). The van der Waals surface area contributed by atoms with E-state index in [0.29, 0.717) is 24.3 Å². The zero-order chi connectivity index (χ0) is 31.1. The first-order valence-electron chi connectivity index (χ1n) is 13.7. The van der Waals surface area contributed by atoms with Crippen molar-refractivity contribution in [1.82, 2.24) is 15.3 Å². The summed E-state index contributed by atoms with van der Waals surface area (Å²) in [5.41, 5.74) is 9.03. The summed E-state index contributed by atoms with van der Waals surface area (Å²) in [5.74, 6) is -1.10. The van der Waals surface area contributed by atoms with Gasteiger partial charge in [-0.1, -0.05) is 30.3 Å². The molecule has 0 aliphatic carbocycles. The summed E-state index contributed by atoms with van der Waals surface area (Å²) in [7, 11) is 1.97. The number of carbonyl (C=O) groups is 2. The van der Waals surface area contributed by atoms with E-state index in [1.165, 1.54) is 6.07 Å². The molecule has 0 spiro atoms. The van der Waals surface area contributed by atoms with E-state index >= 15 is 0 Å². The lowest BCUT2D eigenvalue weighted by atomic mass is 9.99. The third-order valence-corrected chi connectivity index (χ3v) is 7.29. The predicted molar refractivity (Wildman–Crippen MR) is 153 cm³/mol. The van der Waals surface area contributed by atoms with Crippen molar-refractivity contribution in [3.63, 3.8) is 0 Å². The van der Waals surface area contributed by atoms with E-state index in [-0.39, 0.29) is 29.7 Å². The quantitative estimate of drug-likeness (QED) is 0.0804. The van der Waals surface area contributed by atoms with Crippen molar-refractivity contribution in [2.75, 3.05) is 51.8 Å². The Morgan fingerprint density at radius 1 is 1.07 bits per heavy atom. The Balaban J connectivity index is 1.55. The highest BCUT2D eigenvalue weighted by Crippen LogP contribution is 2.32. The van der Waals surface area contributed by atoms with Gasteiger partial charge >= 0.3 is 0 Å². The molecule has 6 unspecified atom stereocenters. The number of nitrogens with zero attached hydrogens (tertiary/aromatic N) is 2. The average Bonchev–Trinajstić information content (AvgIpc) is 3.00. The van der Waals surface area contributed by atoms with Crippen LogP contribution in [0.4, 0.5) is 5.69 Å². The van der Waals surface area contributed by atoms with E-state index in [2.05, 4.69) is 15.7 Å². The van der Waals surface area contributed by atoms with E-state index in [4.69, 9.17) is 25.5 Å². The van der Waals surface area contributed by atoms with Crippen LogP contribution >= 0.6 is 0 Å². The van der Waals surface area contributed by atoms with Crippen molar-refractivity contribution in [2.45, 2.75) is 36.7 Å². The average molecular weight is 603 g/mol. The van der Waals surface area contributed by atoms with Gasteiger partial charge < -0.3 is 50.8 Å². The minimum absolute atomic E-state index is 0.0655. The number of hydrogen-bond acceptors (Lipinski definition) is 12. The summed E-state index contributed by atoms with van der Waals surface area (Å²) in [6, 6.07) is 11.6. The summed E-state index contributed by atoms with van der Waals surface area (Å²) in [6.07, 6.45) is -7.62. The molecule has 43 heavy (non-hydrogen) atoms. The normalized spacial score (nSPS) is 25.0. The van der Waals surface area contributed by atoms with Crippen molar-refractivity contribution in [3.05, 3.63) is 59.7 Å². The molecule has 2 aliphatic rings. The monoisotopic (exact) mass is 602 g/mol. The number of aliphatic hydroxyl groups excluding tert-OH is 4. The second kappa shape index (κ2) is 14.6. The van der Waals surface area contributed by atoms with Crippen LogP contribution in [0.3, 0.4) is 0 Å². The lowest BCUT2D eigenvalue weighted by molar-refractivity contribution is -0.277. The van der Waals surface area contributed by atoms with Gasteiger partial charge in [-0.05, 0) is 25.2 Å². The second-order valence-electron chi connectivity index (χ2n) is 10.4. The van der Waals surface area contributed by atoms with E-state index in [9.17, 15) is 30.0 Å². The highest BCUT2D eigenvalue weighted by molar-refractivity contribution is 5.96. The van der Waals surface area contributed by atoms with Crippen LogP contribution in [0.1, 0.15) is 17.2 Å². The molecule has 2 aromatic rings. The minimum Gasteiger partial charge on any atom is -0.462 e. The van der Waals surface area contributed by atoms with Crippen LogP contribution < -0.4 is 21.3 Å². The van der Waals surface area contributed by atoms with Crippen LogP contribution in [0.25, 0.3) is 0 Å². The molecule has 15 nitrogen and oxygen atoms in total. The number of aliphatic hydroxyl groups is 4. The van der Waals surface area contributed by atoms with E-state index < -0.39 is 49.3 Å². The number of carbonyl (C=O) groups excluding carboxylic acids is 2. The molecule has 2 amide bonds. The highest BCUT2D eigenvalue weighted by Gasteiger charge is 2.45. The fraction of sp³-hybridized carbons (Fsp3) is 0.464. The van der Waals surface area contributed by atoms with Crippen LogP contribution in [0, 0.1) is 5.41 Å². The van der Waals surface area contributed by atoms with Crippen molar-refractivity contribution in [3.8, 4) is 5.75 Å². The Bertz CT molecular complexity index is 1270. The molecule has 2 saturated heterocycles. The van der Waals surface area contributed by atoms with Gasteiger partial charge in [0.25, 0.3) is 11.8 Å². The van der Waals surface area contributed by atoms with Crippen LogP contribution in [0.5, 0.6) is 5.75 Å². The van der Waals surface area contributed by atoms with Gasteiger partial charge in [0.15, 0.2) is 6.61 Å². The molecule has 15 heteroatoms. The molecule has 0 aromatic heterocycles.